The Kier molecular flexibility index (Phi) is 1.52. The maximum Gasteiger partial charge on any atom is 0.257 e. The van der Waals surface area contributed by atoms with Crippen LogP contribution in [0.5, 0.6) is 0 Å². The Labute approximate surface area is 82.5 Å². The summed E-state index contributed by atoms with van der Waals surface area (Å²) in [5.74, 6) is -0.661. The summed E-state index contributed by atoms with van der Waals surface area (Å²) in [5.41, 5.74) is 2.31. The molecule has 2 aliphatic heterocycles. The van der Waals surface area contributed by atoms with Crippen molar-refractivity contribution in [3.63, 3.8) is 0 Å². The largest absolute Gasteiger partial charge is 0.462 e. The summed E-state index contributed by atoms with van der Waals surface area (Å²) < 4.78 is 11.3. The fourth-order valence-corrected chi connectivity index (χ4v) is 1.89. The van der Waals surface area contributed by atoms with E-state index in [4.69, 9.17) is 9.47 Å². The normalized spacial score (nSPS) is 27.7. The topological polar surface area (TPSA) is 18.5 Å². The first-order valence-corrected chi connectivity index (χ1v) is 4.65. The van der Waals surface area contributed by atoms with Gasteiger partial charge >= 0.3 is 0 Å². The molecule has 2 heterocycles. The van der Waals surface area contributed by atoms with Gasteiger partial charge in [-0.1, -0.05) is 30.3 Å². The van der Waals surface area contributed by atoms with Crippen LogP contribution in [-0.2, 0) is 21.9 Å². The van der Waals surface area contributed by atoms with Gasteiger partial charge in [-0.15, -0.1) is 0 Å². The number of ether oxygens (including phenoxy) is 2. The first-order valence-electron chi connectivity index (χ1n) is 4.65. The van der Waals surface area contributed by atoms with Crippen LogP contribution in [0.15, 0.2) is 48.8 Å². The van der Waals surface area contributed by atoms with Crippen molar-refractivity contribution in [1.82, 2.24) is 0 Å². The fourth-order valence-electron chi connectivity index (χ4n) is 1.89. The summed E-state index contributed by atoms with van der Waals surface area (Å²) in [5, 5.41) is 0. The summed E-state index contributed by atoms with van der Waals surface area (Å²) in [6.07, 6.45) is 7.42. The van der Waals surface area contributed by atoms with E-state index in [-0.39, 0.29) is 0 Å². The molecule has 0 saturated carbocycles. The zero-order valence-corrected chi connectivity index (χ0v) is 7.64. The van der Waals surface area contributed by atoms with Gasteiger partial charge in [-0.05, 0) is 17.7 Å². The molecular weight excluding hydrogens is 176 g/mol. The molecule has 2 heteroatoms. The summed E-state index contributed by atoms with van der Waals surface area (Å²) >= 11 is 0. The molecule has 2 aliphatic rings. The Morgan fingerprint density at radius 1 is 1.14 bits per heavy atom. The van der Waals surface area contributed by atoms with E-state index in [1.54, 1.807) is 6.26 Å². The van der Waals surface area contributed by atoms with Crippen molar-refractivity contribution in [2.24, 2.45) is 0 Å². The van der Waals surface area contributed by atoms with E-state index in [0.29, 0.717) is 6.61 Å². The number of hydrogen-bond acceptors (Lipinski definition) is 2. The fraction of sp³-hybridized carbons (Fsp3) is 0.167. The Morgan fingerprint density at radius 3 is 2.93 bits per heavy atom. The van der Waals surface area contributed by atoms with Crippen LogP contribution < -0.4 is 0 Å². The van der Waals surface area contributed by atoms with Crippen LogP contribution in [0.3, 0.4) is 0 Å². The molecule has 0 N–H and O–H groups in total. The molecule has 0 fully saturated rings. The molecule has 0 saturated heterocycles. The minimum Gasteiger partial charge on any atom is -0.462 e. The average Bonchev–Trinajstić information content (AvgIpc) is 2.60. The highest BCUT2D eigenvalue weighted by Gasteiger charge is 2.39. The van der Waals surface area contributed by atoms with E-state index in [1.807, 2.05) is 36.4 Å². The van der Waals surface area contributed by atoms with E-state index in [0.717, 1.165) is 5.56 Å². The molecule has 14 heavy (non-hydrogen) atoms. The second-order valence-corrected chi connectivity index (χ2v) is 3.42. The zero-order chi connectivity index (χ0) is 9.43. The Hall–Kier alpha value is -1.54. The number of rotatable bonds is 0. The van der Waals surface area contributed by atoms with Crippen molar-refractivity contribution in [2.45, 2.75) is 12.4 Å². The van der Waals surface area contributed by atoms with Gasteiger partial charge < -0.3 is 9.47 Å². The van der Waals surface area contributed by atoms with Gasteiger partial charge in [-0.2, -0.15) is 0 Å². The maximum atomic E-state index is 5.69. The average molecular weight is 186 g/mol. The van der Waals surface area contributed by atoms with Crippen molar-refractivity contribution >= 4 is 0 Å². The maximum absolute atomic E-state index is 5.69. The molecule has 3 rings (SSSR count). The number of allylic oxidation sites excluding steroid dienone is 2. The Morgan fingerprint density at radius 2 is 2.07 bits per heavy atom. The van der Waals surface area contributed by atoms with Gasteiger partial charge in [0.25, 0.3) is 5.79 Å². The van der Waals surface area contributed by atoms with Gasteiger partial charge in [0.1, 0.15) is 0 Å². The molecule has 1 aromatic carbocycles. The second kappa shape index (κ2) is 2.72. The lowest BCUT2D eigenvalue weighted by atomic mass is 10.0. The lowest BCUT2D eigenvalue weighted by Crippen LogP contribution is -2.25. The van der Waals surface area contributed by atoms with Crippen LogP contribution in [0.2, 0.25) is 0 Å². The lowest BCUT2D eigenvalue weighted by molar-refractivity contribution is -0.172. The molecule has 1 spiro atoms. The van der Waals surface area contributed by atoms with E-state index in [9.17, 15) is 0 Å². The monoisotopic (exact) mass is 186 g/mol. The van der Waals surface area contributed by atoms with Gasteiger partial charge in [0.2, 0.25) is 0 Å². The van der Waals surface area contributed by atoms with Gasteiger partial charge in [-0.3, -0.25) is 0 Å². The van der Waals surface area contributed by atoms with E-state index < -0.39 is 5.79 Å². The van der Waals surface area contributed by atoms with Gasteiger partial charge in [-0.25, -0.2) is 0 Å². The van der Waals surface area contributed by atoms with Crippen molar-refractivity contribution in [3.05, 3.63) is 59.9 Å². The minimum atomic E-state index is -0.661. The standard InChI is InChI=1S/C12H10O2/c1-2-6-11-10(5-1)9-14-12(11)7-3-4-8-13-12/h1-8H,9H2. The molecule has 0 radical (unpaired) electrons. The van der Waals surface area contributed by atoms with Crippen molar-refractivity contribution < 1.29 is 9.47 Å². The molecule has 0 aliphatic carbocycles. The molecule has 70 valence electrons. The second-order valence-electron chi connectivity index (χ2n) is 3.42. The van der Waals surface area contributed by atoms with E-state index in [2.05, 4.69) is 6.07 Å². The van der Waals surface area contributed by atoms with Gasteiger partial charge in [0.15, 0.2) is 0 Å². The third-order valence-corrected chi connectivity index (χ3v) is 2.58. The number of benzene rings is 1. The van der Waals surface area contributed by atoms with Crippen LogP contribution in [0.4, 0.5) is 0 Å². The smallest absolute Gasteiger partial charge is 0.257 e. The lowest BCUT2D eigenvalue weighted by Gasteiger charge is -2.26. The number of hydrogen-bond donors (Lipinski definition) is 0. The molecule has 1 atom stereocenters. The Bertz CT molecular complexity index is 420. The predicted molar refractivity (Wildman–Crippen MR) is 52.3 cm³/mol. The molecule has 0 amide bonds. The van der Waals surface area contributed by atoms with Crippen LogP contribution in [0.25, 0.3) is 0 Å². The third kappa shape index (κ3) is 0.946. The minimum absolute atomic E-state index is 0.619. The van der Waals surface area contributed by atoms with E-state index in [1.165, 1.54) is 5.56 Å². The Balaban J connectivity index is 2.13. The van der Waals surface area contributed by atoms with Crippen LogP contribution in [-0.4, -0.2) is 0 Å². The summed E-state index contributed by atoms with van der Waals surface area (Å²) in [7, 11) is 0. The summed E-state index contributed by atoms with van der Waals surface area (Å²) in [6, 6.07) is 8.14. The molecule has 2 nitrogen and oxygen atoms in total. The molecule has 1 aromatic rings. The summed E-state index contributed by atoms with van der Waals surface area (Å²) in [6.45, 7) is 0.619. The van der Waals surface area contributed by atoms with Crippen molar-refractivity contribution in [1.29, 1.82) is 0 Å². The van der Waals surface area contributed by atoms with Gasteiger partial charge in [0.05, 0.1) is 12.9 Å². The SMILES string of the molecule is C1=COC2(C=C1)OCc1ccccc12. The van der Waals surface area contributed by atoms with Crippen LogP contribution >= 0.6 is 0 Å². The first kappa shape index (κ1) is 7.83. The quantitative estimate of drug-likeness (QED) is 0.619. The first-order chi connectivity index (χ1) is 6.91. The molecule has 0 aromatic heterocycles. The summed E-state index contributed by atoms with van der Waals surface area (Å²) in [4.78, 5) is 0. The molecular formula is C12H10O2. The van der Waals surface area contributed by atoms with Crippen molar-refractivity contribution in [2.75, 3.05) is 0 Å². The van der Waals surface area contributed by atoms with Crippen LogP contribution in [0, 0.1) is 0 Å². The zero-order valence-electron chi connectivity index (χ0n) is 7.64. The third-order valence-electron chi connectivity index (χ3n) is 2.58. The molecule has 0 bridgehead atoms. The number of fused-ring (bicyclic) bond motifs is 2. The van der Waals surface area contributed by atoms with Crippen LogP contribution in [0.1, 0.15) is 11.1 Å². The van der Waals surface area contributed by atoms with E-state index >= 15 is 0 Å². The van der Waals surface area contributed by atoms with Crippen molar-refractivity contribution in [3.8, 4) is 0 Å². The molecule has 1 unspecified atom stereocenters. The predicted octanol–water partition coefficient (Wildman–Crippen LogP) is 2.47. The van der Waals surface area contributed by atoms with Gasteiger partial charge in [0, 0.05) is 5.56 Å². The highest BCUT2D eigenvalue weighted by molar-refractivity contribution is 5.38. The highest BCUT2D eigenvalue weighted by Crippen LogP contribution is 2.39. The highest BCUT2D eigenvalue weighted by atomic mass is 16.7.